The first-order valence-corrected chi connectivity index (χ1v) is 13.3. The molecule has 3 aromatic rings. The van der Waals surface area contributed by atoms with Crippen LogP contribution in [0.15, 0.2) is 62.4 Å². The molecule has 0 aliphatic carbocycles. The molecule has 0 fully saturated rings. The van der Waals surface area contributed by atoms with Gasteiger partial charge >= 0.3 is 5.97 Å². The summed E-state index contributed by atoms with van der Waals surface area (Å²) in [6.45, 7) is 3.87. The number of halogens is 1. The van der Waals surface area contributed by atoms with E-state index >= 15 is 0 Å². The number of esters is 1. The Hall–Kier alpha value is -3.01. The molecule has 2 aliphatic rings. The van der Waals surface area contributed by atoms with Gasteiger partial charge in [-0.25, -0.2) is 9.79 Å². The first-order chi connectivity index (χ1) is 16.9. The minimum atomic E-state index is -0.657. The lowest BCUT2D eigenvalue weighted by molar-refractivity contribution is -0.139. The summed E-state index contributed by atoms with van der Waals surface area (Å²) in [6, 6.07) is 10.6. The van der Waals surface area contributed by atoms with E-state index in [1.54, 1.807) is 48.4 Å². The summed E-state index contributed by atoms with van der Waals surface area (Å²) in [7, 11) is 0. The molecule has 0 saturated carbocycles. The molecule has 0 radical (unpaired) electrons. The van der Waals surface area contributed by atoms with Crippen molar-refractivity contribution in [2.75, 3.05) is 19.7 Å². The van der Waals surface area contributed by atoms with E-state index in [4.69, 9.17) is 25.8 Å². The van der Waals surface area contributed by atoms with Gasteiger partial charge in [0, 0.05) is 11.0 Å². The predicted octanol–water partition coefficient (Wildman–Crippen LogP) is 3.90. The summed E-state index contributed by atoms with van der Waals surface area (Å²) in [5.41, 5.74) is 2.04. The zero-order valence-electron chi connectivity index (χ0n) is 19.2. The number of thioether (sulfide) groups is 1. The van der Waals surface area contributed by atoms with E-state index in [0.29, 0.717) is 42.7 Å². The largest absolute Gasteiger partial charge is 0.463 e. The minimum absolute atomic E-state index is 0.128. The lowest BCUT2D eigenvalue weighted by Crippen LogP contribution is -2.39. The maximum absolute atomic E-state index is 13.7. The lowest BCUT2D eigenvalue weighted by atomic mass is 9.96. The van der Waals surface area contributed by atoms with Crippen molar-refractivity contribution < 1.29 is 19.0 Å². The van der Waals surface area contributed by atoms with E-state index in [1.807, 2.05) is 30.5 Å². The maximum atomic E-state index is 13.7. The van der Waals surface area contributed by atoms with Gasteiger partial charge in [0.2, 0.25) is 6.79 Å². The maximum Gasteiger partial charge on any atom is 0.338 e. The topological polar surface area (TPSA) is 79.1 Å². The standard InChI is InChI=1S/C25H21ClN2O5S2/c1-4-31-24(30)21-13(2)27-25-28(22(21)14-5-7-16(34-3)8-6-14)23(29)20(35-25)10-15-9-18-19(11-17(15)26)33-12-32-18/h5-11,22H,4,12H2,1-3H3/b20-10-. The third kappa shape index (κ3) is 4.28. The Bertz CT molecular complexity index is 1540. The number of thiazole rings is 1. The van der Waals surface area contributed by atoms with E-state index in [9.17, 15) is 9.59 Å². The Kier molecular flexibility index (Phi) is 6.48. The summed E-state index contributed by atoms with van der Waals surface area (Å²) >= 11 is 9.31. The van der Waals surface area contributed by atoms with Gasteiger partial charge in [-0.15, -0.1) is 11.8 Å². The number of hydrogen-bond donors (Lipinski definition) is 0. The normalized spacial score (nSPS) is 16.8. The van der Waals surface area contributed by atoms with Crippen molar-refractivity contribution in [1.82, 2.24) is 4.57 Å². The third-order valence-electron chi connectivity index (χ3n) is 5.73. The molecule has 1 aromatic heterocycles. The molecule has 1 unspecified atom stereocenters. The van der Waals surface area contributed by atoms with E-state index < -0.39 is 12.0 Å². The highest BCUT2D eigenvalue weighted by Gasteiger charge is 2.33. The number of carbonyl (C=O) groups is 1. The SMILES string of the molecule is CCOC(=O)C1=C(C)N=c2s/c(=C\c3cc4c(cc3Cl)OCO4)c(=O)n2C1c1ccc(SC)cc1. The van der Waals surface area contributed by atoms with Crippen molar-refractivity contribution in [2.24, 2.45) is 4.99 Å². The molecular weight excluding hydrogens is 508 g/mol. The first-order valence-electron chi connectivity index (χ1n) is 10.8. The molecule has 0 saturated heterocycles. The van der Waals surface area contributed by atoms with Crippen LogP contribution >= 0.6 is 34.7 Å². The van der Waals surface area contributed by atoms with Crippen molar-refractivity contribution in [2.45, 2.75) is 24.8 Å². The van der Waals surface area contributed by atoms with Crippen LogP contribution in [0.3, 0.4) is 0 Å². The molecule has 10 heteroatoms. The molecular formula is C25H21ClN2O5S2. The number of fused-ring (bicyclic) bond motifs is 2. The third-order valence-corrected chi connectivity index (χ3v) is 7.78. The Morgan fingerprint density at radius 2 is 2.00 bits per heavy atom. The summed E-state index contributed by atoms with van der Waals surface area (Å²) in [5.74, 6) is 0.651. The zero-order valence-corrected chi connectivity index (χ0v) is 21.6. The second kappa shape index (κ2) is 9.56. The number of benzene rings is 2. The summed E-state index contributed by atoms with van der Waals surface area (Å²) < 4.78 is 18.2. The number of hydrogen-bond acceptors (Lipinski definition) is 8. The summed E-state index contributed by atoms with van der Waals surface area (Å²) in [5, 5.41) is 0.438. The van der Waals surface area contributed by atoms with Gasteiger partial charge in [0.25, 0.3) is 5.56 Å². The number of allylic oxidation sites excluding steroid dienone is 1. The monoisotopic (exact) mass is 528 g/mol. The highest BCUT2D eigenvalue weighted by atomic mass is 35.5. The van der Waals surface area contributed by atoms with Crippen LogP contribution in [0.1, 0.15) is 31.0 Å². The van der Waals surface area contributed by atoms with Gasteiger partial charge < -0.3 is 14.2 Å². The van der Waals surface area contributed by atoms with E-state index in [-0.39, 0.29) is 19.0 Å². The van der Waals surface area contributed by atoms with Gasteiger partial charge in [0.05, 0.1) is 33.5 Å². The smallest absolute Gasteiger partial charge is 0.338 e. The van der Waals surface area contributed by atoms with Gasteiger partial charge in [-0.1, -0.05) is 35.1 Å². The Morgan fingerprint density at radius 3 is 2.69 bits per heavy atom. The predicted molar refractivity (Wildman–Crippen MR) is 136 cm³/mol. The number of carbonyl (C=O) groups excluding carboxylic acids is 1. The van der Waals surface area contributed by atoms with Crippen LogP contribution in [0.4, 0.5) is 0 Å². The average Bonchev–Trinajstić information content (AvgIpc) is 3.42. The molecule has 0 N–H and O–H groups in total. The molecule has 2 aliphatic heterocycles. The number of aromatic nitrogens is 1. The van der Waals surface area contributed by atoms with Gasteiger partial charge in [-0.2, -0.15) is 0 Å². The second-order valence-corrected chi connectivity index (χ2v) is 10.1. The fourth-order valence-electron chi connectivity index (χ4n) is 4.08. The molecule has 2 aromatic carbocycles. The van der Waals surface area contributed by atoms with Gasteiger partial charge in [0.1, 0.15) is 0 Å². The fraction of sp³-hybridized carbons (Fsp3) is 0.240. The van der Waals surface area contributed by atoms with Gasteiger partial charge in [-0.3, -0.25) is 9.36 Å². The summed E-state index contributed by atoms with van der Waals surface area (Å²) in [4.78, 5) is 32.9. The number of ether oxygens (including phenoxy) is 3. The molecule has 180 valence electrons. The quantitative estimate of drug-likeness (QED) is 0.369. The molecule has 5 rings (SSSR count). The molecule has 35 heavy (non-hydrogen) atoms. The second-order valence-electron chi connectivity index (χ2n) is 7.80. The van der Waals surface area contributed by atoms with Crippen molar-refractivity contribution in [3.05, 3.63) is 83.5 Å². The van der Waals surface area contributed by atoms with Crippen molar-refractivity contribution in [1.29, 1.82) is 0 Å². The Balaban J connectivity index is 1.70. The first kappa shape index (κ1) is 23.7. The van der Waals surface area contributed by atoms with Crippen molar-refractivity contribution in [3.63, 3.8) is 0 Å². The molecule has 0 amide bonds. The molecule has 7 nitrogen and oxygen atoms in total. The Morgan fingerprint density at radius 1 is 1.29 bits per heavy atom. The molecule has 0 spiro atoms. The molecule has 1 atom stereocenters. The van der Waals surface area contributed by atoms with E-state index in [2.05, 4.69) is 4.99 Å². The van der Waals surface area contributed by atoms with Crippen LogP contribution in [-0.2, 0) is 9.53 Å². The highest BCUT2D eigenvalue weighted by Crippen LogP contribution is 2.37. The molecule has 3 heterocycles. The van der Waals surface area contributed by atoms with Crippen LogP contribution < -0.4 is 24.4 Å². The van der Waals surface area contributed by atoms with E-state index in [0.717, 1.165) is 10.5 Å². The van der Waals surface area contributed by atoms with Crippen LogP contribution in [0.5, 0.6) is 11.5 Å². The van der Waals surface area contributed by atoms with Gasteiger partial charge in [0.15, 0.2) is 16.3 Å². The highest BCUT2D eigenvalue weighted by molar-refractivity contribution is 7.98. The van der Waals surface area contributed by atoms with Crippen LogP contribution in [0, 0.1) is 0 Å². The van der Waals surface area contributed by atoms with Crippen LogP contribution in [-0.4, -0.2) is 30.2 Å². The van der Waals surface area contributed by atoms with Crippen LogP contribution in [0.25, 0.3) is 6.08 Å². The van der Waals surface area contributed by atoms with Crippen molar-refractivity contribution in [3.8, 4) is 11.5 Å². The van der Waals surface area contributed by atoms with E-state index in [1.165, 1.54) is 11.3 Å². The number of rotatable bonds is 5. The molecule has 0 bridgehead atoms. The zero-order chi connectivity index (χ0) is 24.7. The summed E-state index contributed by atoms with van der Waals surface area (Å²) in [6.07, 6.45) is 3.71. The lowest BCUT2D eigenvalue weighted by Gasteiger charge is -2.24. The number of nitrogens with zero attached hydrogens (tertiary/aromatic N) is 2. The fourth-order valence-corrected chi connectivity index (χ4v) is 5.73. The van der Waals surface area contributed by atoms with Crippen LogP contribution in [0.2, 0.25) is 5.02 Å². The minimum Gasteiger partial charge on any atom is -0.463 e. The van der Waals surface area contributed by atoms with Crippen molar-refractivity contribution >= 4 is 46.7 Å². The average molecular weight is 529 g/mol. The Labute approximate surface area is 214 Å². The van der Waals surface area contributed by atoms with Gasteiger partial charge in [-0.05, 0) is 55.5 Å².